The molecule has 0 radical (unpaired) electrons. The van der Waals surface area contributed by atoms with Gasteiger partial charge in [0.1, 0.15) is 0 Å². The Morgan fingerprint density at radius 1 is 0.647 bits per heavy atom. The van der Waals surface area contributed by atoms with Gasteiger partial charge in [-0.1, -0.05) is 90.1 Å². The molecule has 0 spiro atoms. The lowest BCUT2D eigenvalue weighted by molar-refractivity contribution is 0.550. The van der Waals surface area contributed by atoms with Gasteiger partial charge in [0.15, 0.2) is 19.5 Å². The zero-order chi connectivity index (χ0) is 25.6. The van der Waals surface area contributed by atoms with Gasteiger partial charge in [-0.05, 0) is 57.8 Å². The number of nitrogens with zero attached hydrogens (tertiary/aromatic N) is 2. The van der Waals surface area contributed by atoms with E-state index in [2.05, 4.69) is 126 Å². The molecule has 0 atom stereocenters. The third-order valence-electron chi connectivity index (χ3n) is 5.38. The minimum atomic E-state index is -1.91. The Morgan fingerprint density at radius 2 is 1.00 bits per heavy atom. The van der Waals surface area contributed by atoms with E-state index in [0.717, 1.165) is 11.1 Å². The molecule has 0 aliphatic carbocycles. The lowest BCUT2D eigenvalue weighted by Crippen LogP contribution is -2.47. The van der Waals surface area contributed by atoms with Crippen molar-refractivity contribution in [3.05, 3.63) is 59.7 Å². The molecule has 0 saturated heterocycles. The molecule has 0 unspecified atom stereocenters. The molecule has 0 saturated carbocycles. The van der Waals surface area contributed by atoms with Crippen LogP contribution in [0.3, 0.4) is 0 Å². The van der Waals surface area contributed by atoms with E-state index in [1.807, 2.05) is 12.4 Å². The van der Waals surface area contributed by atoms with Crippen molar-refractivity contribution < 1.29 is 8.23 Å². The molecule has 0 heterocycles. The summed E-state index contributed by atoms with van der Waals surface area (Å²) in [5.74, 6) is 0. The number of hydrogen-bond donors (Lipinski definition) is 0. The van der Waals surface area contributed by atoms with Gasteiger partial charge in [-0.2, -0.15) is 10.2 Å². The van der Waals surface area contributed by atoms with Crippen molar-refractivity contribution in [2.45, 2.75) is 77.8 Å². The van der Waals surface area contributed by atoms with E-state index in [0.29, 0.717) is 10.1 Å². The molecule has 2 aromatic rings. The molecule has 0 aliphatic rings. The first-order valence-electron chi connectivity index (χ1n) is 12.1. The Hall–Kier alpha value is -1.43. The Kier molecular flexibility index (Phi) is 9.77. The van der Waals surface area contributed by atoms with Gasteiger partial charge in [0, 0.05) is 0 Å². The normalized spacial score (nSPS) is 14.5. The molecule has 2 aromatic carbocycles. The quantitative estimate of drug-likeness (QED) is 0.271. The molecule has 0 aliphatic heterocycles. The average molecular weight is 529 g/mol. The lowest BCUT2D eigenvalue weighted by Gasteiger charge is -2.28. The summed E-state index contributed by atoms with van der Waals surface area (Å²) in [6, 6.07) is 17.1. The van der Waals surface area contributed by atoms with Crippen LogP contribution in [-0.2, 0) is 8.23 Å². The van der Waals surface area contributed by atoms with Gasteiger partial charge in [-0.25, -0.2) is 0 Å². The number of hydrogen-bond acceptors (Lipinski definition) is 4. The Balaban J connectivity index is 2.07. The van der Waals surface area contributed by atoms with Crippen LogP contribution in [0.5, 0.6) is 0 Å². The zero-order valence-corrected chi connectivity index (χ0v) is 27.7. The SMILES string of the molecule is CC(C)(C)[SiH2]O[Si](C)(C)c1cccc(C=NN=Cc2cccc([Si](C)(C)O[SiH2]C(C)(C)C)c2)c1. The van der Waals surface area contributed by atoms with E-state index in [9.17, 15) is 0 Å². The molecular formula is C26H44N2O2Si4. The van der Waals surface area contributed by atoms with Crippen LogP contribution in [0, 0.1) is 0 Å². The van der Waals surface area contributed by atoms with Crippen LogP contribution >= 0.6 is 0 Å². The highest BCUT2D eigenvalue weighted by molar-refractivity contribution is 6.87. The van der Waals surface area contributed by atoms with Crippen LogP contribution in [0.2, 0.25) is 36.3 Å². The maximum absolute atomic E-state index is 6.49. The summed E-state index contributed by atoms with van der Waals surface area (Å²) in [6.07, 6.45) is 3.65. The molecule has 0 N–H and O–H groups in total. The molecule has 0 aromatic heterocycles. The molecule has 4 nitrogen and oxygen atoms in total. The van der Waals surface area contributed by atoms with Crippen molar-refractivity contribution in [1.29, 1.82) is 0 Å². The molecule has 8 heteroatoms. The summed E-state index contributed by atoms with van der Waals surface area (Å²) in [6.45, 7) is 22.7. The van der Waals surface area contributed by atoms with Crippen molar-refractivity contribution in [1.82, 2.24) is 0 Å². The standard InChI is InChI=1S/C26H44N2O2Si4/c1-25(2,3)31-29-33(7,8)23-15-11-13-21(17-23)19-27-28-20-22-14-12-16-24(18-22)34(9,10)30-32-26(4,5)6/h11-20H,31-32H2,1-10H3. The molecular weight excluding hydrogens is 485 g/mol. The monoisotopic (exact) mass is 528 g/mol. The third-order valence-corrected chi connectivity index (χ3v) is 17.4. The second-order valence-corrected chi connectivity index (χ2v) is 26.8. The van der Waals surface area contributed by atoms with Gasteiger partial charge in [0.25, 0.3) is 0 Å². The van der Waals surface area contributed by atoms with Crippen molar-refractivity contribution in [3.63, 3.8) is 0 Å². The van der Waals surface area contributed by atoms with Gasteiger partial charge in [-0.15, -0.1) is 0 Å². The molecule has 0 bridgehead atoms. The average Bonchev–Trinajstić information content (AvgIpc) is 2.74. The molecule has 34 heavy (non-hydrogen) atoms. The maximum Gasteiger partial charge on any atom is 0.205 e. The maximum atomic E-state index is 6.49. The highest BCUT2D eigenvalue weighted by atomic mass is 28.4. The molecule has 2 rings (SSSR count). The highest BCUT2D eigenvalue weighted by Gasteiger charge is 2.28. The van der Waals surface area contributed by atoms with Gasteiger partial charge in [-0.3, -0.25) is 0 Å². The summed E-state index contributed by atoms with van der Waals surface area (Å²) >= 11 is 0. The van der Waals surface area contributed by atoms with E-state index >= 15 is 0 Å². The topological polar surface area (TPSA) is 43.2 Å². The number of benzene rings is 2. The van der Waals surface area contributed by atoms with Gasteiger partial charge in [0.05, 0.1) is 12.4 Å². The summed E-state index contributed by atoms with van der Waals surface area (Å²) in [7, 11) is -4.98. The fourth-order valence-corrected chi connectivity index (χ4v) is 12.9. The molecule has 0 fully saturated rings. The first-order chi connectivity index (χ1) is 15.6. The summed E-state index contributed by atoms with van der Waals surface area (Å²) in [5, 5.41) is 11.8. The first kappa shape index (κ1) is 28.8. The third kappa shape index (κ3) is 10.0. The smallest absolute Gasteiger partial charge is 0.205 e. The van der Waals surface area contributed by atoms with E-state index in [4.69, 9.17) is 8.23 Å². The predicted molar refractivity (Wildman–Crippen MR) is 161 cm³/mol. The van der Waals surface area contributed by atoms with Crippen LogP contribution in [0.15, 0.2) is 58.7 Å². The first-order valence-corrected chi connectivity index (χ1v) is 20.5. The van der Waals surface area contributed by atoms with Gasteiger partial charge < -0.3 is 8.23 Å². The Labute approximate surface area is 214 Å². The number of rotatable bonds is 9. The summed E-state index contributed by atoms with van der Waals surface area (Å²) in [4.78, 5) is 0. The van der Waals surface area contributed by atoms with Crippen LogP contribution in [0.25, 0.3) is 0 Å². The summed E-state index contributed by atoms with van der Waals surface area (Å²) < 4.78 is 13.0. The van der Waals surface area contributed by atoms with Gasteiger partial charge in [0.2, 0.25) is 16.6 Å². The van der Waals surface area contributed by atoms with E-state index in [-0.39, 0.29) is 0 Å². The van der Waals surface area contributed by atoms with Crippen LogP contribution < -0.4 is 10.4 Å². The van der Waals surface area contributed by atoms with E-state index in [1.54, 1.807) is 0 Å². The van der Waals surface area contributed by atoms with Crippen molar-refractivity contribution in [2.75, 3.05) is 0 Å². The zero-order valence-electron chi connectivity index (χ0n) is 22.9. The summed E-state index contributed by atoms with van der Waals surface area (Å²) in [5.41, 5.74) is 2.11. The second-order valence-electron chi connectivity index (χ2n) is 12.5. The fourth-order valence-electron chi connectivity index (χ4n) is 3.15. The van der Waals surface area contributed by atoms with Crippen LogP contribution in [0.1, 0.15) is 52.7 Å². The molecule has 0 amide bonds. The van der Waals surface area contributed by atoms with Crippen molar-refractivity contribution in [3.8, 4) is 0 Å². The highest BCUT2D eigenvalue weighted by Crippen LogP contribution is 2.23. The van der Waals surface area contributed by atoms with E-state index in [1.165, 1.54) is 10.4 Å². The van der Waals surface area contributed by atoms with Crippen LogP contribution in [-0.4, -0.2) is 48.6 Å². The van der Waals surface area contributed by atoms with Crippen molar-refractivity contribution >= 4 is 59.0 Å². The minimum absolute atomic E-state index is 0.299. The predicted octanol–water partition coefficient (Wildman–Crippen LogP) is 4.60. The Bertz CT molecular complexity index is 925. The molecule has 186 valence electrons. The van der Waals surface area contributed by atoms with Crippen molar-refractivity contribution in [2.24, 2.45) is 10.2 Å². The second kappa shape index (κ2) is 11.5. The fraction of sp³-hybridized carbons (Fsp3) is 0.462. The minimum Gasteiger partial charge on any atom is -0.457 e. The van der Waals surface area contributed by atoms with E-state index < -0.39 is 36.2 Å². The van der Waals surface area contributed by atoms with Crippen LogP contribution in [0.4, 0.5) is 0 Å². The lowest BCUT2D eigenvalue weighted by atomic mass is 10.2. The largest absolute Gasteiger partial charge is 0.457 e. The Morgan fingerprint density at radius 3 is 1.32 bits per heavy atom. The van der Waals surface area contributed by atoms with Gasteiger partial charge >= 0.3 is 0 Å².